The van der Waals surface area contributed by atoms with Gasteiger partial charge in [0.15, 0.2) is 17.5 Å². The van der Waals surface area contributed by atoms with E-state index in [1.165, 1.54) is 37.8 Å². The summed E-state index contributed by atoms with van der Waals surface area (Å²) < 4.78 is 10.8. The Kier molecular flexibility index (Phi) is 4.25. The highest BCUT2D eigenvalue weighted by atomic mass is 16.7. The molecule has 0 radical (unpaired) electrons. The standard InChI is InChI=1S/C19H27N3O2/c1-2-20-18(22-11-9-19(13-22)7-3-8-19)21-10-6-15-4-5-16-17(12-15)24-14-23-16/h4-5,12H,2-3,6-11,13-14H2,1H3,(H,20,21). The summed E-state index contributed by atoms with van der Waals surface area (Å²) in [5.41, 5.74) is 1.85. The van der Waals surface area contributed by atoms with Crippen LogP contribution in [-0.4, -0.2) is 43.8 Å². The highest BCUT2D eigenvalue weighted by Gasteiger charge is 2.43. The zero-order valence-corrected chi connectivity index (χ0v) is 14.5. The van der Waals surface area contributed by atoms with E-state index in [4.69, 9.17) is 14.5 Å². The lowest BCUT2D eigenvalue weighted by Gasteiger charge is -2.38. The highest BCUT2D eigenvalue weighted by Crippen LogP contribution is 2.47. The van der Waals surface area contributed by atoms with Crippen molar-refractivity contribution in [1.82, 2.24) is 10.2 Å². The van der Waals surface area contributed by atoms with Crippen LogP contribution in [0.2, 0.25) is 0 Å². The second kappa shape index (κ2) is 6.54. The maximum Gasteiger partial charge on any atom is 0.231 e. The first-order valence-electron chi connectivity index (χ1n) is 9.20. The largest absolute Gasteiger partial charge is 0.454 e. The number of fused-ring (bicyclic) bond motifs is 1. The van der Waals surface area contributed by atoms with Gasteiger partial charge < -0.3 is 19.7 Å². The normalized spacial score (nSPS) is 21.2. The number of likely N-dealkylation sites (tertiary alicyclic amines) is 1. The lowest BCUT2D eigenvalue weighted by molar-refractivity contribution is 0.151. The Labute approximate surface area is 144 Å². The lowest BCUT2D eigenvalue weighted by atomic mass is 9.68. The molecule has 1 saturated carbocycles. The molecule has 4 rings (SSSR count). The maximum atomic E-state index is 5.45. The SMILES string of the molecule is CCNC(=NCCc1ccc2c(c1)OCO2)N1CCC2(CCC2)C1. The first kappa shape index (κ1) is 15.6. The summed E-state index contributed by atoms with van der Waals surface area (Å²) in [4.78, 5) is 7.33. The Morgan fingerprint density at radius 2 is 2.12 bits per heavy atom. The Bertz CT molecular complexity index is 625. The molecule has 1 N–H and O–H groups in total. The number of nitrogens with one attached hydrogen (secondary N) is 1. The molecule has 0 amide bonds. The average molecular weight is 329 g/mol. The Morgan fingerprint density at radius 1 is 1.25 bits per heavy atom. The van der Waals surface area contributed by atoms with Gasteiger partial charge in [-0.05, 0) is 55.7 Å². The van der Waals surface area contributed by atoms with Crippen LogP contribution in [0.15, 0.2) is 23.2 Å². The third-order valence-electron chi connectivity index (χ3n) is 5.59. The van der Waals surface area contributed by atoms with Crippen LogP contribution in [0.25, 0.3) is 0 Å². The second-order valence-corrected chi connectivity index (χ2v) is 7.20. The molecular weight excluding hydrogens is 302 g/mol. The number of hydrogen-bond acceptors (Lipinski definition) is 3. The molecule has 2 fully saturated rings. The zero-order valence-electron chi connectivity index (χ0n) is 14.5. The lowest BCUT2D eigenvalue weighted by Crippen LogP contribution is -2.42. The van der Waals surface area contributed by atoms with Gasteiger partial charge in [-0.15, -0.1) is 0 Å². The van der Waals surface area contributed by atoms with Crippen molar-refractivity contribution in [2.75, 3.05) is 33.0 Å². The molecule has 3 aliphatic rings. The maximum absolute atomic E-state index is 5.45. The number of aliphatic imine (C=N–C) groups is 1. The Morgan fingerprint density at radius 3 is 2.88 bits per heavy atom. The Balaban J connectivity index is 1.37. The fraction of sp³-hybridized carbons (Fsp3) is 0.632. The van der Waals surface area contributed by atoms with Crippen molar-refractivity contribution in [3.8, 4) is 11.5 Å². The molecule has 0 atom stereocenters. The summed E-state index contributed by atoms with van der Waals surface area (Å²) in [6.45, 7) is 6.53. The molecule has 1 saturated heterocycles. The molecule has 1 aliphatic carbocycles. The van der Waals surface area contributed by atoms with E-state index in [2.05, 4.69) is 29.3 Å². The predicted molar refractivity (Wildman–Crippen MR) is 94.7 cm³/mol. The van der Waals surface area contributed by atoms with Gasteiger partial charge >= 0.3 is 0 Å². The van der Waals surface area contributed by atoms with Gasteiger partial charge in [0.1, 0.15) is 0 Å². The number of rotatable bonds is 4. The zero-order chi connectivity index (χ0) is 16.4. The topological polar surface area (TPSA) is 46.1 Å². The molecule has 2 aliphatic heterocycles. The number of hydrogen-bond donors (Lipinski definition) is 1. The molecule has 1 aromatic rings. The predicted octanol–water partition coefficient (Wildman–Crippen LogP) is 2.80. The molecule has 1 aromatic carbocycles. The van der Waals surface area contributed by atoms with Crippen molar-refractivity contribution in [2.45, 2.75) is 39.0 Å². The quantitative estimate of drug-likeness (QED) is 0.681. The molecule has 0 unspecified atom stereocenters. The summed E-state index contributed by atoms with van der Waals surface area (Å²) in [5.74, 6) is 2.79. The molecule has 2 heterocycles. The van der Waals surface area contributed by atoms with Crippen LogP contribution in [-0.2, 0) is 6.42 Å². The monoisotopic (exact) mass is 329 g/mol. The first-order valence-corrected chi connectivity index (χ1v) is 9.20. The molecule has 5 nitrogen and oxygen atoms in total. The third-order valence-corrected chi connectivity index (χ3v) is 5.59. The minimum atomic E-state index is 0.332. The second-order valence-electron chi connectivity index (χ2n) is 7.20. The summed E-state index contributed by atoms with van der Waals surface area (Å²) in [5, 5.41) is 3.47. The smallest absolute Gasteiger partial charge is 0.231 e. The van der Waals surface area contributed by atoms with Gasteiger partial charge in [0.2, 0.25) is 6.79 Å². The minimum absolute atomic E-state index is 0.332. The van der Waals surface area contributed by atoms with Gasteiger partial charge in [0, 0.05) is 26.2 Å². The fourth-order valence-electron chi connectivity index (χ4n) is 4.01. The third kappa shape index (κ3) is 3.04. The summed E-state index contributed by atoms with van der Waals surface area (Å²) in [6.07, 6.45) is 6.47. The molecule has 24 heavy (non-hydrogen) atoms. The van der Waals surface area contributed by atoms with Crippen LogP contribution >= 0.6 is 0 Å². The number of benzene rings is 1. The molecule has 1 spiro atoms. The number of guanidine groups is 1. The fourth-order valence-corrected chi connectivity index (χ4v) is 4.01. The van der Waals surface area contributed by atoms with Crippen LogP contribution in [0.3, 0.4) is 0 Å². The number of nitrogens with zero attached hydrogens (tertiary/aromatic N) is 2. The molecular formula is C19H27N3O2. The van der Waals surface area contributed by atoms with E-state index >= 15 is 0 Å². The van der Waals surface area contributed by atoms with Gasteiger partial charge in [-0.25, -0.2) is 0 Å². The highest BCUT2D eigenvalue weighted by molar-refractivity contribution is 5.80. The van der Waals surface area contributed by atoms with Gasteiger partial charge in [0.25, 0.3) is 0 Å². The Hall–Kier alpha value is -1.91. The molecule has 130 valence electrons. The van der Waals surface area contributed by atoms with E-state index in [0.717, 1.165) is 43.5 Å². The van der Waals surface area contributed by atoms with Gasteiger partial charge in [-0.1, -0.05) is 12.5 Å². The van der Waals surface area contributed by atoms with Gasteiger partial charge in [-0.3, -0.25) is 4.99 Å². The van der Waals surface area contributed by atoms with Gasteiger partial charge in [-0.2, -0.15) is 0 Å². The van der Waals surface area contributed by atoms with E-state index in [1.54, 1.807) is 0 Å². The van der Waals surface area contributed by atoms with E-state index < -0.39 is 0 Å². The van der Waals surface area contributed by atoms with Crippen LogP contribution in [0.5, 0.6) is 11.5 Å². The van der Waals surface area contributed by atoms with Crippen molar-refractivity contribution in [2.24, 2.45) is 10.4 Å². The van der Waals surface area contributed by atoms with Crippen LogP contribution < -0.4 is 14.8 Å². The van der Waals surface area contributed by atoms with Crippen molar-refractivity contribution in [1.29, 1.82) is 0 Å². The molecule has 0 aromatic heterocycles. The molecule has 0 bridgehead atoms. The van der Waals surface area contributed by atoms with Crippen LogP contribution in [0.1, 0.15) is 38.2 Å². The molecule has 5 heteroatoms. The summed E-state index contributed by atoms with van der Waals surface area (Å²) in [6, 6.07) is 6.17. The van der Waals surface area contributed by atoms with Crippen molar-refractivity contribution >= 4 is 5.96 Å². The average Bonchev–Trinajstić information content (AvgIpc) is 3.20. The van der Waals surface area contributed by atoms with Crippen molar-refractivity contribution < 1.29 is 9.47 Å². The van der Waals surface area contributed by atoms with E-state index in [9.17, 15) is 0 Å². The number of ether oxygens (including phenoxy) is 2. The van der Waals surface area contributed by atoms with Crippen molar-refractivity contribution in [3.63, 3.8) is 0 Å². The van der Waals surface area contributed by atoms with Crippen molar-refractivity contribution in [3.05, 3.63) is 23.8 Å². The van der Waals surface area contributed by atoms with E-state index in [-0.39, 0.29) is 0 Å². The summed E-state index contributed by atoms with van der Waals surface area (Å²) in [7, 11) is 0. The van der Waals surface area contributed by atoms with Gasteiger partial charge in [0.05, 0.1) is 0 Å². The van der Waals surface area contributed by atoms with Crippen LogP contribution in [0.4, 0.5) is 0 Å². The van der Waals surface area contributed by atoms with E-state index in [0.29, 0.717) is 12.2 Å². The first-order chi connectivity index (χ1) is 11.8. The minimum Gasteiger partial charge on any atom is -0.454 e. The van der Waals surface area contributed by atoms with Crippen LogP contribution in [0, 0.1) is 5.41 Å². The van der Waals surface area contributed by atoms with E-state index in [1.807, 2.05) is 6.07 Å². The summed E-state index contributed by atoms with van der Waals surface area (Å²) >= 11 is 0.